The van der Waals surface area contributed by atoms with Gasteiger partial charge in [-0.3, -0.25) is 4.79 Å². The molecule has 0 saturated carbocycles. The van der Waals surface area contributed by atoms with Crippen LogP contribution in [0.5, 0.6) is 5.75 Å². The van der Waals surface area contributed by atoms with Crippen molar-refractivity contribution < 1.29 is 9.53 Å². The molecule has 1 aromatic heterocycles. The summed E-state index contributed by atoms with van der Waals surface area (Å²) in [7, 11) is 0. The largest absolute Gasteiger partial charge is 0.494 e. The molecule has 2 aromatic carbocycles. The molecule has 3 aromatic rings. The van der Waals surface area contributed by atoms with Gasteiger partial charge in [0.15, 0.2) is 0 Å². The first-order chi connectivity index (χ1) is 13.9. The van der Waals surface area contributed by atoms with E-state index in [-0.39, 0.29) is 5.91 Å². The summed E-state index contributed by atoms with van der Waals surface area (Å²) in [5.41, 5.74) is 8.26. The lowest BCUT2D eigenvalue weighted by atomic mass is 10.2. The van der Waals surface area contributed by atoms with Crippen LogP contribution in [0.25, 0.3) is 5.69 Å². The summed E-state index contributed by atoms with van der Waals surface area (Å²) in [6.45, 7) is 8.60. The fraction of sp³-hybridized carbons (Fsp3) is 0.217. The fourth-order valence-electron chi connectivity index (χ4n) is 3.21. The molecule has 0 unspecified atom stereocenters. The number of benzene rings is 2. The number of amides is 1. The second-order valence-electron chi connectivity index (χ2n) is 6.75. The highest BCUT2D eigenvalue weighted by Crippen LogP contribution is 2.25. The maximum absolute atomic E-state index is 12.3. The molecule has 0 radical (unpaired) electrons. The second kappa shape index (κ2) is 8.97. The average Bonchev–Trinajstić information content (AvgIpc) is 2.98. The molecule has 0 aliphatic heterocycles. The van der Waals surface area contributed by atoms with E-state index in [1.165, 1.54) is 0 Å². The summed E-state index contributed by atoms with van der Waals surface area (Å²) in [6, 6.07) is 14.8. The van der Waals surface area contributed by atoms with Crippen LogP contribution >= 0.6 is 11.6 Å². The topological polar surface area (TPSA) is 55.6 Å². The van der Waals surface area contributed by atoms with E-state index in [2.05, 4.69) is 22.0 Å². The highest BCUT2D eigenvalue weighted by molar-refractivity contribution is 6.30. The number of carbonyl (C=O) groups excluding carboxylic acids is 1. The smallest absolute Gasteiger partial charge is 0.271 e. The van der Waals surface area contributed by atoms with Crippen molar-refractivity contribution in [3.05, 3.63) is 81.6 Å². The quantitative estimate of drug-likeness (QED) is 0.448. The van der Waals surface area contributed by atoms with Crippen LogP contribution in [0.1, 0.15) is 39.8 Å². The van der Waals surface area contributed by atoms with Crippen molar-refractivity contribution >= 4 is 23.7 Å². The number of halogens is 1. The van der Waals surface area contributed by atoms with Crippen molar-refractivity contribution in [2.24, 2.45) is 5.10 Å². The number of hydrazone groups is 1. The molecule has 0 spiro atoms. The molecule has 0 aliphatic carbocycles. The summed E-state index contributed by atoms with van der Waals surface area (Å²) in [4.78, 5) is 12.3. The van der Waals surface area contributed by atoms with Gasteiger partial charge < -0.3 is 9.30 Å². The molecule has 0 atom stereocenters. The Morgan fingerprint density at radius 1 is 1.14 bits per heavy atom. The number of nitrogens with zero attached hydrogens (tertiary/aromatic N) is 2. The van der Waals surface area contributed by atoms with Crippen molar-refractivity contribution in [2.45, 2.75) is 27.7 Å². The summed E-state index contributed by atoms with van der Waals surface area (Å²) in [5.74, 6) is 0.458. The van der Waals surface area contributed by atoms with Gasteiger partial charge in [0.2, 0.25) is 0 Å². The van der Waals surface area contributed by atoms with E-state index in [9.17, 15) is 4.79 Å². The molecule has 0 bridgehead atoms. The lowest BCUT2D eigenvalue weighted by Crippen LogP contribution is -2.17. The van der Waals surface area contributed by atoms with E-state index in [1.807, 2.05) is 45.0 Å². The highest BCUT2D eigenvalue weighted by Gasteiger charge is 2.12. The number of hydrogen-bond acceptors (Lipinski definition) is 3. The van der Waals surface area contributed by atoms with Gasteiger partial charge in [0.1, 0.15) is 5.75 Å². The molecule has 1 amide bonds. The zero-order valence-electron chi connectivity index (χ0n) is 17.0. The van der Waals surface area contributed by atoms with Crippen LogP contribution in [0.3, 0.4) is 0 Å². The third-order valence-electron chi connectivity index (χ3n) is 4.68. The highest BCUT2D eigenvalue weighted by atomic mass is 35.5. The minimum Gasteiger partial charge on any atom is -0.494 e. The summed E-state index contributed by atoms with van der Waals surface area (Å²) in [6.07, 6.45) is 1.66. The minimum atomic E-state index is -0.274. The van der Waals surface area contributed by atoms with E-state index in [0.717, 1.165) is 34.0 Å². The third kappa shape index (κ3) is 4.69. The van der Waals surface area contributed by atoms with Crippen LogP contribution in [0, 0.1) is 20.8 Å². The Kier molecular flexibility index (Phi) is 6.39. The molecule has 0 fully saturated rings. The Bertz CT molecular complexity index is 1050. The van der Waals surface area contributed by atoms with E-state index in [0.29, 0.717) is 17.2 Å². The van der Waals surface area contributed by atoms with Gasteiger partial charge in [-0.25, -0.2) is 5.43 Å². The van der Waals surface area contributed by atoms with Crippen LogP contribution in [0.15, 0.2) is 53.6 Å². The summed E-state index contributed by atoms with van der Waals surface area (Å²) in [5, 5.41) is 4.82. The van der Waals surface area contributed by atoms with Crippen LogP contribution in [-0.4, -0.2) is 23.3 Å². The van der Waals surface area contributed by atoms with Gasteiger partial charge in [0, 0.05) is 33.2 Å². The SMILES string of the molecule is CCOc1ccc(C(=O)N/N=C\c2cc(C)n(-c3cc(Cl)ccc3C)c2C)cc1. The van der Waals surface area contributed by atoms with Crippen LogP contribution in [0.4, 0.5) is 0 Å². The monoisotopic (exact) mass is 409 g/mol. The lowest BCUT2D eigenvalue weighted by Gasteiger charge is -2.13. The Morgan fingerprint density at radius 2 is 1.86 bits per heavy atom. The number of nitrogens with one attached hydrogen (secondary N) is 1. The maximum atomic E-state index is 12.3. The third-order valence-corrected chi connectivity index (χ3v) is 4.91. The average molecular weight is 410 g/mol. The Labute approximate surface area is 176 Å². The first-order valence-corrected chi connectivity index (χ1v) is 9.80. The summed E-state index contributed by atoms with van der Waals surface area (Å²) >= 11 is 6.19. The molecular weight excluding hydrogens is 386 g/mol. The number of hydrogen-bond donors (Lipinski definition) is 1. The van der Waals surface area contributed by atoms with Crippen molar-refractivity contribution in [2.75, 3.05) is 6.61 Å². The standard InChI is InChI=1S/C23H24ClN3O2/c1-5-29-21-10-7-18(8-11-21)23(28)26-25-14-19-12-16(3)27(17(19)4)22-13-20(24)9-6-15(22)2/h6-14H,5H2,1-4H3,(H,26,28)/b25-14-. The lowest BCUT2D eigenvalue weighted by molar-refractivity contribution is 0.0955. The molecule has 0 aliphatic rings. The second-order valence-corrected chi connectivity index (χ2v) is 7.19. The van der Waals surface area contributed by atoms with Gasteiger partial charge in [-0.2, -0.15) is 5.10 Å². The molecule has 1 N–H and O–H groups in total. The number of carbonyl (C=O) groups is 1. The zero-order chi connectivity index (χ0) is 21.0. The fourth-order valence-corrected chi connectivity index (χ4v) is 3.37. The maximum Gasteiger partial charge on any atom is 0.271 e. The van der Waals surface area contributed by atoms with Crippen molar-refractivity contribution in [3.63, 3.8) is 0 Å². The van der Waals surface area contributed by atoms with Gasteiger partial charge in [0.25, 0.3) is 5.91 Å². The van der Waals surface area contributed by atoms with Gasteiger partial charge in [-0.05, 0) is 75.7 Å². The predicted molar refractivity (Wildman–Crippen MR) is 118 cm³/mol. The Hall–Kier alpha value is -3.05. The van der Waals surface area contributed by atoms with Crippen LogP contribution in [-0.2, 0) is 0 Å². The Balaban J connectivity index is 1.76. The van der Waals surface area contributed by atoms with Crippen molar-refractivity contribution in [1.29, 1.82) is 0 Å². The number of ether oxygens (including phenoxy) is 1. The van der Waals surface area contributed by atoms with E-state index in [4.69, 9.17) is 16.3 Å². The molecule has 5 nitrogen and oxygen atoms in total. The van der Waals surface area contributed by atoms with Crippen molar-refractivity contribution in [3.8, 4) is 11.4 Å². The van der Waals surface area contributed by atoms with Crippen LogP contribution in [0.2, 0.25) is 5.02 Å². The molecule has 0 saturated heterocycles. The van der Waals surface area contributed by atoms with Gasteiger partial charge in [-0.1, -0.05) is 17.7 Å². The van der Waals surface area contributed by atoms with Gasteiger partial charge in [-0.15, -0.1) is 0 Å². The van der Waals surface area contributed by atoms with E-state index in [1.54, 1.807) is 30.5 Å². The van der Waals surface area contributed by atoms with E-state index < -0.39 is 0 Å². The van der Waals surface area contributed by atoms with E-state index >= 15 is 0 Å². The molecular formula is C23H24ClN3O2. The molecule has 150 valence electrons. The number of aromatic nitrogens is 1. The molecule has 6 heteroatoms. The zero-order valence-corrected chi connectivity index (χ0v) is 17.7. The molecule has 1 heterocycles. The number of aryl methyl sites for hydroxylation is 2. The normalized spacial score (nSPS) is 11.1. The number of rotatable bonds is 6. The first kappa shape index (κ1) is 20.7. The first-order valence-electron chi connectivity index (χ1n) is 9.42. The van der Waals surface area contributed by atoms with Gasteiger partial charge in [0.05, 0.1) is 12.8 Å². The Morgan fingerprint density at radius 3 is 2.55 bits per heavy atom. The van der Waals surface area contributed by atoms with Gasteiger partial charge >= 0.3 is 0 Å². The predicted octanol–water partition coefficient (Wildman–Crippen LogP) is 5.22. The molecule has 29 heavy (non-hydrogen) atoms. The van der Waals surface area contributed by atoms with Crippen molar-refractivity contribution in [1.82, 2.24) is 9.99 Å². The molecule has 3 rings (SSSR count). The minimum absolute atomic E-state index is 0.274. The van der Waals surface area contributed by atoms with Crippen LogP contribution < -0.4 is 10.2 Å². The summed E-state index contributed by atoms with van der Waals surface area (Å²) < 4.78 is 7.52.